The van der Waals surface area contributed by atoms with Crippen molar-refractivity contribution in [2.75, 3.05) is 7.11 Å². The van der Waals surface area contributed by atoms with Crippen LogP contribution >= 0.6 is 0 Å². The van der Waals surface area contributed by atoms with Gasteiger partial charge in [-0.2, -0.15) is 0 Å². The maximum atomic E-state index is 10.7. The van der Waals surface area contributed by atoms with Crippen molar-refractivity contribution >= 4 is 10.8 Å². The molecule has 2 rings (SSSR count). The molecule has 0 radical (unpaired) electrons. The Kier molecular flexibility index (Phi) is 12.0. The Balaban J connectivity index is 1.79. The summed E-state index contributed by atoms with van der Waals surface area (Å²) in [5, 5.41) is 12.6. The van der Waals surface area contributed by atoms with Gasteiger partial charge < -0.3 is 9.84 Å². The molecule has 2 unspecified atom stereocenters. The fourth-order valence-electron chi connectivity index (χ4n) is 5.13. The van der Waals surface area contributed by atoms with E-state index in [0.717, 1.165) is 58.2 Å². The topological polar surface area (TPSA) is 29.5 Å². The molecule has 0 aliphatic rings. The van der Waals surface area contributed by atoms with Gasteiger partial charge in [0.2, 0.25) is 0 Å². The fraction of sp³-hybridized carbons (Fsp3) is 0.625. The van der Waals surface area contributed by atoms with E-state index in [9.17, 15) is 5.11 Å². The van der Waals surface area contributed by atoms with Crippen LogP contribution in [0.2, 0.25) is 0 Å². The van der Waals surface area contributed by atoms with E-state index in [0.29, 0.717) is 5.75 Å². The number of benzene rings is 2. The predicted molar refractivity (Wildman–Crippen MR) is 149 cm³/mol. The molecule has 0 aromatic heterocycles. The quantitative estimate of drug-likeness (QED) is 0.265. The van der Waals surface area contributed by atoms with Gasteiger partial charge in [-0.25, -0.2) is 0 Å². The summed E-state index contributed by atoms with van der Waals surface area (Å²) in [5.74, 6) is 3.81. The smallest absolute Gasteiger partial charge is 0.130 e. The lowest BCUT2D eigenvalue weighted by Crippen LogP contribution is -2.00. The van der Waals surface area contributed by atoms with E-state index in [1.165, 1.54) is 56.9 Å². The molecule has 0 spiro atoms. The molecule has 0 heterocycles. The molecule has 0 bridgehead atoms. The summed E-state index contributed by atoms with van der Waals surface area (Å²) in [5.41, 5.74) is 3.45. The molecule has 2 atom stereocenters. The van der Waals surface area contributed by atoms with Crippen molar-refractivity contribution in [2.24, 2.45) is 17.8 Å². The number of aromatic hydroxyl groups is 1. The molecule has 0 aliphatic carbocycles. The Morgan fingerprint density at radius 2 is 1.44 bits per heavy atom. The third-order valence-electron chi connectivity index (χ3n) is 7.51. The van der Waals surface area contributed by atoms with E-state index < -0.39 is 0 Å². The third-order valence-corrected chi connectivity index (χ3v) is 7.51. The van der Waals surface area contributed by atoms with E-state index in [4.69, 9.17) is 4.74 Å². The highest BCUT2D eigenvalue weighted by Gasteiger charge is 2.16. The van der Waals surface area contributed by atoms with Crippen LogP contribution in [0.15, 0.2) is 35.9 Å². The summed E-state index contributed by atoms with van der Waals surface area (Å²) in [4.78, 5) is 0. The number of fused-ring (bicyclic) bond motifs is 1. The second-order valence-corrected chi connectivity index (χ2v) is 11.1. The van der Waals surface area contributed by atoms with Crippen LogP contribution in [0.1, 0.15) is 104 Å². The van der Waals surface area contributed by atoms with Gasteiger partial charge in [0.05, 0.1) is 7.11 Å². The average Bonchev–Trinajstić information content (AvgIpc) is 2.80. The normalized spacial score (nSPS) is 14.1. The number of phenolic OH excluding ortho intramolecular Hbond substituents is 1. The first-order chi connectivity index (χ1) is 16.2. The summed E-state index contributed by atoms with van der Waals surface area (Å²) < 4.78 is 5.79. The molecule has 0 saturated carbocycles. The number of methoxy groups -OCH3 is 1. The first-order valence-electron chi connectivity index (χ1n) is 13.7. The number of hydrogen-bond donors (Lipinski definition) is 1. The Hall–Kier alpha value is -1.96. The summed E-state index contributed by atoms with van der Waals surface area (Å²) >= 11 is 0. The molecule has 2 aromatic rings. The van der Waals surface area contributed by atoms with Crippen LogP contribution in [0.4, 0.5) is 0 Å². The van der Waals surface area contributed by atoms with E-state index in [-0.39, 0.29) is 0 Å². The highest BCUT2D eigenvalue weighted by molar-refractivity contribution is 5.95. The highest BCUT2D eigenvalue weighted by Crippen LogP contribution is 2.40. The van der Waals surface area contributed by atoms with Gasteiger partial charge in [-0.15, -0.1) is 0 Å². The Morgan fingerprint density at radius 3 is 2.03 bits per heavy atom. The Bertz CT molecular complexity index is 909. The van der Waals surface area contributed by atoms with Gasteiger partial charge in [-0.1, -0.05) is 109 Å². The van der Waals surface area contributed by atoms with Crippen LogP contribution in [0.3, 0.4) is 0 Å². The van der Waals surface area contributed by atoms with Crippen LogP contribution in [0, 0.1) is 24.7 Å². The standard InChI is InChI=1S/C32H50O2/c1-23(2)13-10-14-24(3)15-11-16-25(4)17-12-18-26(5)21-22-28-27(6)31(33)29-19-8-9-20-30(29)32(28)34-7/h8-9,19-21,23-25,33H,10-18,22H2,1-7H3/b26-21+. The summed E-state index contributed by atoms with van der Waals surface area (Å²) in [6.07, 6.45) is 15.1. The second kappa shape index (κ2) is 14.4. The van der Waals surface area contributed by atoms with Crippen LogP contribution in [0.5, 0.6) is 11.5 Å². The molecule has 2 nitrogen and oxygen atoms in total. The van der Waals surface area contributed by atoms with E-state index in [2.05, 4.69) is 40.7 Å². The van der Waals surface area contributed by atoms with Gasteiger partial charge in [-0.05, 0) is 56.4 Å². The van der Waals surface area contributed by atoms with Crippen molar-refractivity contribution in [1.29, 1.82) is 0 Å². The molecule has 0 saturated heterocycles. The van der Waals surface area contributed by atoms with Gasteiger partial charge in [0.15, 0.2) is 0 Å². The molecular formula is C32H50O2. The van der Waals surface area contributed by atoms with Gasteiger partial charge in [-0.3, -0.25) is 0 Å². The lowest BCUT2D eigenvalue weighted by Gasteiger charge is -2.16. The van der Waals surface area contributed by atoms with Gasteiger partial charge >= 0.3 is 0 Å². The fourth-order valence-corrected chi connectivity index (χ4v) is 5.13. The van der Waals surface area contributed by atoms with Gasteiger partial charge in [0.25, 0.3) is 0 Å². The lowest BCUT2D eigenvalue weighted by atomic mass is 9.91. The highest BCUT2D eigenvalue weighted by atomic mass is 16.5. The molecule has 0 aliphatic heterocycles. The minimum Gasteiger partial charge on any atom is -0.507 e. The van der Waals surface area contributed by atoms with Crippen LogP contribution in [-0.4, -0.2) is 12.2 Å². The molecule has 2 aromatic carbocycles. The van der Waals surface area contributed by atoms with Crippen molar-refractivity contribution in [3.63, 3.8) is 0 Å². The SMILES string of the molecule is COc1c(C/C=C(\C)CCCC(C)CCCC(C)CCCC(C)C)c(C)c(O)c2ccccc12. The molecule has 190 valence electrons. The summed E-state index contributed by atoms with van der Waals surface area (Å²) in [6, 6.07) is 7.94. The van der Waals surface area contributed by atoms with E-state index >= 15 is 0 Å². The van der Waals surface area contributed by atoms with Crippen LogP contribution < -0.4 is 4.74 Å². The molecule has 0 amide bonds. The van der Waals surface area contributed by atoms with Gasteiger partial charge in [0, 0.05) is 16.3 Å². The zero-order valence-electron chi connectivity index (χ0n) is 23.0. The first kappa shape index (κ1) is 28.3. The predicted octanol–water partition coefficient (Wildman–Crippen LogP) is 9.79. The molecule has 1 N–H and O–H groups in total. The second-order valence-electron chi connectivity index (χ2n) is 11.1. The minimum absolute atomic E-state index is 0.375. The molecule has 2 heteroatoms. The van der Waals surface area contributed by atoms with Crippen LogP contribution in [-0.2, 0) is 6.42 Å². The Labute approximate surface area is 209 Å². The number of rotatable bonds is 15. The van der Waals surface area contributed by atoms with Crippen molar-refractivity contribution in [3.05, 3.63) is 47.0 Å². The van der Waals surface area contributed by atoms with Crippen molar-refractivity contribution in [2.45, 2.75) is 106 Å². The monoisotopic (exact) mass is 466 g/mol. The van der Waals surface area contributed by atoms with E-state index in [1.54, 1.807) is 7.11 Å². The zero-order chi connectivity index (χ0) is 25.1. The van der Waals surface area contributed by atoms with E-state index in [1.807, 2.05) is 31.2 Å². The van der Waals surface area contributed by atoms with Crippen LogP contribution in [0.25, 0.3) is 10.8 Å². The Morgan fingerprint density at radius 1 is 0.882 bits per heavy atom. The maximum absolute atomic E-state index is 10.7. The maximum Gasteiger partial charge on any atom is 0.130 e. The molecular weight excluding hydrogens is 416 g/mol. The number of ether oxygens (including phenoxy) is 1. The summed E-state index contributed by atoms with van der Waals surface area (Å²) in [6.45, 7) is 13.8. The van der Waals surface area contributed by atoms with Crippen molar-refractivity contribution in [1.82, 2.24) is 0 Å². The largest absolute Gasteiger partial charge is 0.507 e. The molecule has 34 heavy (non-hydrogen) atoms. The average molecular weight is 467 g/mol. The van der Waals surface area contributed by atoms with Gasteiger partial charge in [0.1, 0.15) is 11.5 Å². The molecule has 0 fully saturated rings. The third kappa shape index (κ3) is 8.67. The number of hydrogen-bond acceptors (Lipinski definition) is 2. The van der Waals surface area contributed by atoms with Crippen molar-refractivity contribution in [3.8, 4) is 11.5 Å². The lowest BCUT2D eigenvalue weighted by molar-refractivity contribution is 0.389. The first-order valence-corrected chi connectivity index (χ1v) is 13.7. The van der Waals surface area contributed by atoms with Crippen molar-refractivity contribution < 1.29 is 9.84 Å². The zero-order valence-corrected chi connectivity index (χ0v) is 23.0. The summed E-state index contributed by atoms with van der Waals surface area (Å²) in [7, 11) is 1.73. The minimum atomic E-state index is 0.375. The number of phenols is 1. The number of allylic oxidation sites excluding steroid dienone is 2.